The molecule has 0 saturated carbocycles. The molecule has 3 aromatic rings. The SMILES string of the molecule is Nc1nnnn1Cc1ccccc1Oc1ccccn1. The fourth-order valence-electron chi connectivity index (χ4n) is 1.74. The summed E-state index contributed by atoms with van der Waals surface area (Å²) < 4.78 is 7.26. The molecule has 1 aromatic carbocycles. The Morgan fingerprint density at radius 2 is 1.95 bits per heavy atom. The second-order valence-corrected chi connectivity index (χ2v) is 4.07. The molecule has 0 unspecified atom stereocenters. The number of aromatic nitrogens is 5. The summed E-state index contributed by atoms with van der Waals surface area (Å²) in [5.41, 5.74) is 6.58. The zero-order valence-electron chi connectivity index (χ0n) is 10.5. The number of rotatable bonds is 4. The summed E-state index contributed by atoms with van der Waals surface area (Å²) in [5, 5.41) is 11.0. The van der Waals surface area contributed by atoms with Crippen molar-refractivity contribution in [3.8, 4) is 11.6 Å². The van der Waals surface area contributed by atoms with E-state index in [4.69, 9.17) is 10.5 Å². The molecular formula is C13H12N6O. The van der Waals surface area contributed by atoms with Crippen LogP contribution in [0.15, 0.2) is 48.7 Å². The molecule has 100 valence electrons. The number of nitrogens with zero attached hydrogens (tertiary/aromatic N) is 5. The van der Waals surface area contributed by atoms with Gasteiger partial charge in [0, 0.05) is 17.8 Å². The minimum atomic E-state index is 0.262. The second-order valence-electron chi connectivity index (χ2n) is 4.07. The molecule has 2 heterocycles. The highest BCUT2D eigenvalue weighted by Gasteiger charge is 2.08. The van der Waals surface area contributed by atoms with Crippen molar-refractivity contribution >= 4 is 5.95 Å². The first-order valence-corrected chi connectivity index (χ1v) is 6.01. The predicted molar refractivity (Wildman–Crippen MR) is 72.1 cm³/mol. The van der Waals surface area contributed by atoms with Gasteiger partial charge in [-0.1, -0.05) is 29.4 Å². The molecule has 7 heteroatoms. The van der Waals surface area contributed by atoms with Gasteiger partial charge in [0.25, 0.3) is 0 Å². The molecule has 0 aliphatic rings. The number of para-hydroxylation sites is 1. The van der Waals surface area contributed by atoms with Crippen LogP contribution in [-0.2, 0) is 6.54 Å². The Labute approximate surface area is 115 Å². The lowest BCUT2D eigenvalue weighted by Gasteiger charge is -2.10. The maximum Gasteiger partial charge on any atom is 0.240 e. The van der Waals surface area contributed by atoms with E-state index in [-0.39, 0.29) is 5.95 Å². The van der Waals surface area contributed by atoms with Crippen molar-refractivity contribution in [1.29, 1.82) is 0 Å². The molecule has 0 radical (unpaired) electrons. The molecule has 0 bridgehead atoms. The number of ether oxygens (including phenoxy) is 1. The second kappa shape index (κ2) is 5.35. The highest BCUT2D eigenvalue weighted by molar-refractivity contribution is 5.36. The zero-order chi connectivity index (χ0) is 13.8. The molecular weight excluding hydrogens is 256 g/mol. The fourth-order valence-corrected chi connectivity index (χ4v) is 1.74. The Morgan fingerprint density at radius 1 is 1.10 bits per heavy atom. The monoisotopic (exact) mass is 268 g/mol. The summed E-state index contributed by atoms with van der Waals surface area (Å²) in [7, 11) is 0. The van der Waals surface area contributed by atoms with E-state index in [1.54, 1.807) is 12.3 Å². The normalized spacial score (nSPS) is 10.4. The average Bonchev–Trinajstić information content (AvgIpc) is 2.88. The molecule has 20 heavy (non-hydrogen) atoms. The largest absolute Gasteiger partial charge is 0.439 e. The lowest BCUT2D eigenvalue weighted by Crippen LogP contribution is -2.07. The summed E-state index contributed by atoms with van der Waals surface area (Å²) in [6.45, 7) is 0.432. The van der Waals surface area contributed by atoms with Crippen molar-refractivity contribution in [1.82, 2.24) is 25.2 Å². The first-order valence-electron chi connectivity index (χ1n) is 6.01. The Bertz CT molecular complexity index is 697. The van der Waals surface area contributed by atoms with Gasteiger partial charge in [-0.05, 0) is 22.6 Å². The van der Waals surface area contributed by atoms with E-state index in [2.05, 4.69) is 20.5 Å². The highest BCUT2D eigenvalue weighted by Crippen LogP contribution is 2.24. The van der Waals surface area contributed by atoms with Gasteiger partial charge in [0.05, 0.1) is 6.54 Å². The van der Waals surface area contributed by atoms with Gasteiger partial charge in [0.15, 0.2) is 0 Å². The first-order chi connectivity index (χ1) is 9.83. The van der Waals surface area contributed by atoms with Gasteiger partial charge in [0.2, 0.25) is 11.8 Å². The maximum absolute atomic E-state index is 5.76. The van der Waals surface area contributed by atoms with Crippen molar-refractivity contribution in [3.63, 3.8) is 0 Å². The van der Waals surface area contributed by atoms with Crippen molar-refractivity contribution in [3.05, 3.63) is 54.2 Å². The zero-order valence-corrected chi connectivity index (χ0v) is 10.5. The Balaban J connectivity index is 1.87. The minimum Gasteiger partial charge on any atom is -0.439 e. The molecule has 0 aliphatic carbocycles. The average molecular weight is 268 g/mol. The van der Waals surface area contributed by atoms with Crippen LogP contribution in [0.1, 0.15) is 5.56 Å². The van der Waals surface area contributed by atoms with Crippen LogP contribution in [0, 0.1) is 0 Å². The number of anilines is 1. The number of nitrogen functional groups attached to an aromatic ring is 1. The Hall–Kier alpha value is -2.96. The van der Waals surface area contributed by atoms with Crippen LogP contribution >= 0.6 is 0 Å². The van der Waals surface area contributed by atoms with E-state index < -0.39 is 0 Å². The van der Waals surface area contributed by atoms with E-state index >= 15 is 0 Å². The summed E-state index contributed by atoms with van der Waals surface area (Å²) in [4.78, 5) is 4.14. The number of hydrogen-bond donors (Lipinski definition) is 1. The van der Waals surface area contributed by atoms with Crippen molar-refractivity contribution in [2.75, 3.05) is 5.73 Å². The molecule has 2 aromatic heterocycles. The molecule has 0 atom stereocenters. The van der Waals surface area contributed by atoms with E-state index in [1.807, 2.05) is 36.4 Å². The number of tetrazole rings is 1. The van der Waals surface area contributed by atoms with Crippen LogP contribution < -0.4 is 10.5 Å². The topological polar surface area (TPSA) is 91.7 Å². The number of hydrogen-bond acceptors (Lipinski definition) is 6. The molecule has 0 aliphatic heterocycles. The molecule has 3 rings (SSSR count). The molecule has 0 spiro atoms. The molecule has 2 N–H and O–H groups in total. The molecule has 0 fully saturated rings. The van der Waals surface area contributed by atoms with Crippen molar-refractivity contribution in [2.45, 2.75) is 6.54 Å². The van der Waals surface area contributed by atoms with Crippen LogP contribution in [0.2, 0.25) is 0 Å². The lowest BCUT2D eigenvalue weighted by molar-refractivity contribution is 0.453. The maximum atomic E-state index is 5.76. The summed E-state index contributed by atoms with van der Waals surface area (Å²) in [5.74, 6) is 1.49. The van der Waals surface area contributed by atoms with Gasteiger partial charge in [-0.3, -0.25) is 0 Å². The van der Waals surface area contributed by atoms with E-state index in [1.165, 1.54) is 4.68 Å². The van der Waals surface area contributed by atoms with Gasteiger partial charge in [-0.25, -0.2) is 9.67 Å². The van der Waals surface area contributed by atoms with Crippen LogP contribution in [0.3, 0.4) is 0 Å². The third-order valence-corrected chi connectivity index (χ3v) is 2.70. The minimum absolute atomic E-state index is 0.262. The van der Waals surface area contributed by atoms with Crippen molar-refractivity contribution in [2.24, 2.45) is 0 Å². The highest BCUT2D eigenvalue weighted by atomic mass is 16.5. The lowest BCUT2D eigenvalue weighted by atomic mass is 10.2. The van der Waals surface area contributed by atoms with E-state index in [0.717, 1.165) is 5.56 Å². The predicted octanol–water partition coefficient (Wildman–Crippen LogP) is 1.49. The third kappa shape index (κ3) is 2.56. The van der Waals surface area contributed by atoms with Crippen LogP contribution in [0.5, 0.6) is 11.6 Å². The molecule has 7 nitrogen and oxygen atoms in total. The standard InChI is InChI=1S/C13H12N6O/c14-13-16-17-18-19(13)9-10-5-1-2-6-11(10)20-12-7-3-4-8-15-12/h1-8H,9H2,(H2,14,16,18). The number of benzene rings is 1. The number of pyridine rings is 1. The molecule has 0 amide bonds. The van der Waals surface area contributed by atoms with Gasteiger partial charge < -0.3 is 10.5 Å². The van der Waals surface area contributed by atoms with Gasteiger partial charge in [-0.15, -0.1) is 0 Å². The van der Waals surface area contributed by atoms with Gasteiger partial charge in [0.1, 0.15) is 5.75 Å². The smallest absolute Gasteiger partial charge is 0.240 e. The first kappa shape index (κ1) is 12.1. The Morgan fingerprint density at radius 3 is 2.70 bits per heavy atom. The number of nitrogens with two attached hydrogens (primary N) is 1. The van der Waals surface area contributed by atoms with Gasteiger partial charge in [-0.2, -0.15) is 0 Å². The van der Waals surface area contributed by atoms with Crippen LogP contribution in [0.25, 0.3) is 0 Å². The molecule has 0 saturated heterocycles. The van der Waals surface area contributed by atoms with Crippen molar-refractivity contribution < 1.29 is 4.74 Å². The third-order valence-electron chi connectivity index (χ3n) is 2.70. The summed E-state index contributed by atoms with van der Waals surface area (Å²) in [6.07, 6.45) is 1.68. The van der Waals surface area contributed by atoms with E-state index in [0.29, 0.717) is 18.2 Å². The Kier molecular flexibility index (Phi) is 3.24. The van der Waals surface area contributed by atoms with E-state index in [9.17, 15) is 0 Å². The van der Waals surface area contributed by atoms with Gasteiger partial charge >= 0.3 is 0 Å². The summed E-state index contributed by atoms with van der Waals surface area (Å²) >= 11 is 0. The van der Waals surface area contributed by atoms with Crippen LogP contribution in [-0.4, -0.2) is 25.2 Å². The van der Waals surface area contributed by atoms with Crippen LogP contribution in [0.4, 0.5) is 5.95 Å². The quantitative estimate of drug-likeness (QED) is 0.770. The summed E-state index contributed by atoms with van der Waals surface area (Å²) in [6, 6.07) is 13.1. The fraction of sp³-hybridized carbons (Fsp3) is 0.0769.